The molecule has 0 spiro atoms. The highest BCUT2D eigenvalue weighted by atomic mass is 16.3. The maximum absolute atomic E-state index is 11.6. The van der Waals surface area contributed by atoms with Gasteiger partial charge in [-0.05, 0) is 18.4 Å². The fraction of sp³-hybridized carbons (Fsp3) is 0.500. The maximum Gasteiger partial charge on any atom is 0.239 e. The molecule has 1 aliphatic carbocycles. The van der Waals surface area contributed by atoms with Crippen LogP contribution in [-0.2, 0) is 10.2 Å². The number of hydrogen-bond acceptors (Lipinski definition) is 3. The summed E-state index contributed by atoms with van der Waals surface area (Å²) in [6, 6.07) is 9.44. The van der Waals surface area contributed by atoms with Crippen molar-refractivity contribution in [2.45, 2.75) is 30.7 Å². The van der Waals surface area contributed by atoms with Gasteiger partial charge in [0.25, 0.3) is 0 Å². The van der Waals surface area contributed by atoms with Crippen LogP contribution in [0.3, 0.4) is 0 Å². The van der Waals surface area contributed by atoms with Crippen molar-refractivity contribution in [1.82, 2.24) is 5.32 Å². The maximum atomic E-state index is 11.6. The molecule has 1 atom stereocenters. The Kier molecular flexibility index (Phi) is 3.99. The van der Waals surface area contributed by atoms with Gasteiger partial charge in [-0.3, -0.25) is 4.79 Å². The monoisotopic (exact) mass is 248 g/mol. The van der Waals surface area contributed by atoms with Crippen LogP contribution in [0.25, 0.3) is 0 Å². The number of nitrogens with one attached hydrogen (secondary N) is 1. The van der Waals surface area contributed by atoms with E-state index in [1.165, 1.54) is 12.0 Å². The van der Waals surface area contributed by atoms with Crippen LogP contribution in [0, 0.1) is 0 Å². The van der Waals surface area contributed by atoms with Crippen LogP contribution in [0.2, 0.25) is 0 Å². The third-order valence-corrected chi connectivity index (χ3v) is 3.83. The predicted molar refractivity (Wildman–Crippen MR) is 70.0 cm³/mol. The average Bonchev–Trinajstić information content (AvgIpc) is 2.37. The molecule has 1 aliphatic rings. The molecule has 0 bridgehead atoms. The lowest BCUT2D eigenvalue weighted by molar-refractivity contribution is -0.123. The lowest BCUT2D eigenvalue weighted by Crippen LogP contribution is -2.50. The molecule has 1 saturated carbocycles. The van der Waals surface area contributed by atoms with Gasteiger partial charge in [-0.25, -0.2) is 0 Å². The van der Waals surface area contributed by atoms with Crippen LogP contribution in [0.15, 0.2) is 30.3 Å². The van der Waals surface area contributed by atoms with Crippen molar-refractivity contribution in [2.75, 3.05) is 13.2 Å². The topological polar surface area (TPSA) is 75.3 Å². The zero-order chi connectivity index (χ0) is 13.0. The molecule has 2 rings (SSSR count). The van der Waals surface area contributed by atoms with Gasteiger partial charge in [0.1, 0.15) is 6.04 Å². The minimum absolute atomic E-state index is 0.0616. The summed E-state index contributed by atoms with van der Waals surface area (Å²) in [4.78, 5) is 11.6. The van der Waals surface area contributed by atoms with E-state index in [0.717, 1.165) is 12.8 Å². The summed E-state index contributed by atoms with van der Waals surface area (Å²) in [6.45, 7) is 0.285. The number of nitrogens with two attached hydrogens (primary N) is 1. The SMILES string of the molecule is NC(CO)C(=O)NCC1(c2ccccc2)CCC1. The van der Waals surface area contributed by atoms with Gasteiger partial charge in [-0.1, -0.05) is 36.8 Å². The highest BCUT2D eigenvalue weighted by Crippen LogP contribution is 2.43. The fourth-order valence-electron chi connectivity index (χ4n) is 2.43. The van der Waals surface area contributed by atoms with Gasteiger partial charge in [0.05, 0.1) is 6.61 Å². The van der Waals surface area contributed by atoms with Gasteiger partial charge >= 0.3 is 0 Å². The first kappa shape index (κ1) is 13.1. The Morgan fingerprint density at radius 1 is 1.39 bits per heavy atom. The molecule has 98 valence electrons. The second-order valence-electron chi connectivity index (χ2n) is 5.01. The molecule has 1 aromatic rings. The zero-order valence-electron chi connectivity index (χ0n) is 10.4. The third-order valence-electron chi connectivity index (χ3n) is 3.83. The Morgan fingerprint density at radius 2 is 2.06 bits per heavy atom. The van der Waals surface area contributed by atoms with Crippen LogP contribution in [-0.4, -0.2) is 30.2 Å². The summed E-state index contributed by atoms with van der Waals surface area (Å²) >= 11 is 0. The number of aliphatic hydroxyl groups excluding tert-OH is 1. The Hall–Kier alpha value is -1.39. The molecule has 1 fully saturated rings. The first-order valence-corrected chi connectivity index (χ1v) is 6.38. The van der Waals surface area contributed by atoms with Gasteiger partial charge in [0.15, 0.2) is 0 Å². The Labute approximate surface area is 107 Å². The van der Waals surface area contributed by atoms with Crippen LogP contribution in [0.5, 0.6) is 0 Å². The average molecular weight is 248 g/mol. The number of aliphatic hydroxyl groups is 1. The van der Waals surface area contributed by atoms with Crippen molar-refractivity contribution in [3.05, 3.63) is 35.9 Å². The largest absolute Gasteiger partial charge is 0.394 e. The summed E-state index contributed by atoms with van der Waals surface area (Å²) in [5.74, 6) is -0.278. The minimum atomic E-state index is -0.821. The lowest BCUT2D eigenvalue weighted by Gasteiger charge is -2.42. The van der Waals surface area contributed by atoms with E-state index in [-0.39, 0.29) is 17.9 Å². The summed E-state index contributed by atoms with van der Waals surface area (Å²) in [6.07, 6.45) is 3.37. The van der Waals surface area contributed by atoms with E-state index < -0.39 is 6.04 Å². The molecular formula is C14H20N2O2. The van der Waals surface area contributed by atoms with Gasteiger partial charge < -0.3 is 16.2 Å². The van der Waals surface area contributed by atoms with Gasteiger partial charge in [-0.2, -0.15) is 0 Å². The van der Waals surface area contributed by atoms with E-state index in [1.807, 2.05) is 18.2 Å². The fourth-order valence-corrected chi connectivity index (χ4v) is 2.43. The summed E-state index contributed by atoms with van der Waals surface area (Å²) in [5, 5.41) is 11.7. The van der Waals surface area contributed by atoms with Crippen LogP contribution in [0.1, 0.15) is 24.8 Å². The molecule has 4 heteroatoms. The lowest BCUT2D eigenvalue weighted by atomic mass is 9.64. The molecule has 0 heterocycles. The molecule has 18 heavy (non-hydrogen) atoms. The Balaban J connectivity index is 2.00. The van der Waals surface area contributed by atoms with Crippen molar-refractivity contribution >= 4 is 5.91 Å². The van der Waals surface area contributed by atoms with Crippen LogP contribution >= 0.6 is 0 Å². The summed E-state index contributed by atoms with van der Waals surface area (Å²) < 4.78 is 0. The third kappa shape index (κ3) is 2.54. The molecule has 1 unspecified atom stereocenters. The smallest absolute Gasteiger partial charge is 0.239 e. The molecule has 0 aromatic heterocycles. The molecule has 4 nitrogen and oxygen atoms in total. The highest BCUT2D eigenvalue weighted by molar-refractivity contribution is 5.81. The molecule has 0 saturated heterocycles. The second-order valence-corrected chi connectivity index (χ2v) is 5.01. The molecule has 1 aromatic carbocycles. The number of hydrogen-bond donors (Lipinski definition) is 3. The first-order valence-electron chi connectivity index (χ1n) is 6.38. The summed E-state index contributed by atoms with van der Waals surface area (Å²) in [5.41, 5.74) is 6.82. The number of carbonyl (C=O) groups excluding carboxylic acids is 1. The van der Waals surface area contributed by atoms with E-state index in [2.05, 4.69) is 17.4 Å². The van der Waals surface area contributed by atoms with Gasteiger partial charge in [0, 0.05) is 12.0 Å². The van der Waals surface area contributed by atoms with Crippen molar-refractivity contribution in [2.24, 2.45) is 5.73 Å². The van der Waals surface area contributed by atoms with E-state index in [4.69, 9.17) is 10.8 Å². The van der Waals surface area contributed by atoms with Crippen molar-refractivity contribution in [1.29, 1.82) is 0 Å². The highest BCUT2D eigenvalue weighted by Gasteiger charge is 2.38. The Morgan fingerprint density at radius 3 is 2.56 bits per heavy atom. The molecule has 0 aliphatic heterocycles. The summed E-state index contributed by atoms with van der Waals surface area (Å²) in [7, 11) is 0. The zero-order valence-corrected chi connectivity index (χ0v) is 10.4. The molecule has 1 amide bonds. The standard InChI is InChI=1S/C14H20N2O2/c15-12(9-17)13(18)16-10-14(7-4-8-14)11-5-2-1-3-6-11/h1-3,5-6,12,17H,4,7-10,15H2,(H,16,18). The quantitative estimate of drug-likeness (QED) is 0.712. The predicted octanol–water partition coefficient (Wildman–Crippen LogP) is 0.544. The molecule has 0 radical (unpaired) electrons. The van der Waals surface area contributed by atoms with E-state index in [9.17, 15) is 4.79 Å². The number of carbonyl (C=O) groups is 1. The van der Waals surface area contributed by atoms with Crippen LogP contribution < -0.4 is 11.1 Å². The first-order chi connectivity index (χ1) is 8.68. The van der Waals surface area contributed by atoms with E-state index in [0.29, 0.717) is 6.54 Å². The Bertz CT molecular complexity index is 402. The normalized spacial score (nSPS) is 18.8. The van der Waals surface area contributed by atoms with E-state index >= 15 is 0 Å². The van der Waals surface area contributed by atoms with Gasteiger partial charge in [-0.15, -0.1) is 0 Å². The molecular weight excluding hydrogens is 228 g/mol. The van der Waals surface area contributed by atoms with Crippen LogP contribution in [0.4, 0.5) is 0 Å². The number of rotatable bonds is 5. The second kappa shape index (κ2) is 5.50. The minimum Gasteiger partial charge on any atom is -0.394 e. The number of amides is 1. The van der Waals surface area contributed by atoms with Crippen molar-refractivity contribution < 1.29 is 9.90 Å². The van der Waals surface area contributed by atoms with Crippen molar-refractivity contribution in [3.8, 4) is 0 Å². The van der Waals surface area contributed by atoms with Crippen molar-refractivity contribution in [3.63, 3.8) is 0 Å². The van der Waals surface area contributed by atoms with E-state index in [1.54, 1.807) is 0 Å². The number of benzene rings is 1. The molecule has 4 N–H and O–H groups in total. The van der Waals surface area contributed by atoms with Gasteiger partial charge in [0.2, 0.25) is 5.91 Å².